The van der Waals surface area contributed by atoms with Crippen LogP contribution in [0.1, 0.15) is 41.0 Å². The van der Waals surface area contributed by atoms with Crippen molar-refractivity contribution in [3.63, 3.8) is 0 Å². The highest BCUT2D eigenvalue weighted by Gasteiger charge is 2.41. The SMILES string of the molecule is CCOC(=O)[C@](C)(Br)[C@@H](O)CCO[Si](C)(C)C(C)(C)C. The van der Waals surface area contributed by atoms with Crippen LogP contribution in [0, 0.1) is 0 Å². The van der Waals surface area contributed by atoms with Gasteiger partial charge < -0.3 is 14.3 Å². The van der Waals surface area contributed by atoms with Gasteiger partial charge in [0, 0.05) is 6.61 Å². The van der Waals surface area contributed by atoms with E-state index >= 15 is 0 Å². The topological polar surface area (TPSA) is 55.8 Å². The second-order valence-corrected chi connectivity index (χ2v) is 13.2. The summed E-state index contributed by atoms with van der Waals surface area (Å²) in [5, 5.41) is 10.3. The van der Waals surface area contributed by atoms with Crippen LogP contribution in [-0.2, 0) is 14.0 Å². The smallest absolute Gasteiger partial charge is 0.325 e. The van der Waals surface area contributed by atoms with Crippen LogP contribution >= 0.6 is 15.9 Å². The zero-order chi connectivity index (χ0) is 16.2. The Hall–Kier alpha value is 0.0869. The lowest BCUT2D eigenvalue weighted by Crippen LogP contribution is -2.45. The molecule has 0 amide bonds. The van der Waals surface area contributed by atoms with Crippen molar-refractivity contribution < 1.29 is 19.1 Å². The van der Waals surface area contributed by atoms with Gasteiger partial charge in [0.25, 0.3) is 0 Å². The standard InChI is InChI=1S/C14H29BrO4Si/c1-8-18-12(17)14(5,15)11(16)9-10-19-20(6,7)13(2,3)4/h11,16H,8-10H2,1-7H3/t11-,14+/m0/s1. The maximum atomic E-state index is 11.8. The fourth-order valence-electron chi connectivity index (χ4n) is 1.32. The Labute approximate surface area is 132 Å². The molecule has 0 spiro atoms. The summed E-state index contributed by atoms with van der Waals surface area (Å²) in [5.74, 6) is -0.445. The summed E-state index contributed by atoms with van der Waals surface area (Å²) >= 11 is 3.27. The largest absolute Gasteiger partial charge is 0.465 e. The number of hydrogen-bond donors (Lipinski definition) is 1. The Morgan fingerprint density at radius 2 is 1.80 bits per heavy atom. The second-order valence-electron chi connectivity index (χ2n) is 6.71. The van der Waals surface area contributed by atoms with Crippen LogP contribution in [0.4, 0.5) is 0 Å². The van der Waals surface area contributed by atoms with Gasteiger partial charge in [-0.3, -0.25) is 4.79 Å². The average Bonchev–Trinajstić information content (AvgIpc) is 2.27. The molecule has 0 fully saturated rings. The average molecular weight is 369 g/mol. The molecule has 0 saturated heterocycles. The predicted octanol–water partition coefficient (Wildman–Crippen LogP) is 3.48. The number of rotatable bonds is 7. The number of hydrogen-bond acceptors (Lipinski definition) is 4. The molecule has 6 heteroatoms. The van der Waals surface area contributed by atoms with E-state index in [0.29, 0.717) is 19.6 Å². The van der Waals surface area contributed by atoms with Crippen LogP contribution in [0.3, 0.4) is 0 Å². The van der Waals surface area contributed by atoms with Gasteiger partial charge in [0.1, 0.15) is 4.32 Å². The van der Waals surface area contributed by atoms with Crippen molar-refractivity contribution in [3.05, 3.63) is 0 Å². The molecule has 0 heterocycles. The van der Waals surface area contributed by atoms with Crippen LogP contribution in [-0.4, -0.2) is 43.0 Å². The van der Waals surface area contributed by atoms with E-state index in [1.807, 2.05) is 0 Å². The third-order valence-corrected chi connectivity index (χ3v) is 9.35. The molecule has 0 saturated carbocycles. The molecule has 0 aliphatic heterocycles. The molecule has 0 bridgehead atoms. The van der Waals surface area contributed by atoms with E-state index < -0.39 is 24.7 Å². The molecule has 4 nitrogen and oxygen atoms in total. The summed E-state index contributed by atoms with van der Waals surface area (Å²) in [7, 11) is -1.82. The van der Waals surface area contributed by atoms with E-state index in [9.17, 15) is 9.90 Å². The van der Waals surface area contributed by atoms with Crippen molar-refractivity contribution in [2.45, 2.75) is 69.6 Å². The maximum Gasteiger partial charge on any atom is 0.325 e. The quantitative estimate of drug-likeness (QED) is 0.424. The highest BCUT2D eigenvalue weighted by atomic mass is 79.9. The van der Waals surface area contributed by atoms with Crippen molar-refractivity contribution in [3.8, 4) is 0 Å². The van der Waals surface area contributed by atoms with Crippen molar-refractivity contribution in [2.75, 3.05) is 13.2 Å². The molecule has 0 radical (unpaired) electrons. The van der Waals surface area contributed by atoms with Crippen LogP contribution in [0.15, 0.2) is 0 Å². The Kier molecular flexibility index (Phi) is 7.41. The molecule has 0 rings (SSSR count). The molecule has 0 aliphatic carbocycles. The number of halogens is 1. The monoisotopic (exact) mass is 368 g/mol. The Balaban J connectivity index is 4.43. The number of esters is 1. The molecule has 20 heavy (non-hydrogen) atoms. The second kappa shape index (κ2) is 7.38. The normalized spacial score (nSPS) is 17.4. The number of ether oxygens (including phenoxy) is 1. The number of alkyl halides is 1. The first kappa shape index (κ1) is 20.1. The fourth-order valence-corrected chi connectivity index (χ4v) is 2.73. The van der Waals surface area contributed by atoms with Gasteiger partial charge >= 0.3 is 5.97 Å². The summed E-state index contributed by atoms with van der Waals surface area (Å²) in [6.45, 7) is 15.0. The Morgan fingerprint density at radius 3 is 2.20 bits per heavy atom. The Bertz CT molecular complexity index is 324. The van der Waals surface area contributed by atoms with E-state index in [1.165, 1.54) is 0 Å². The van der Waals surface area contributed by atoms with E-state index in [2.05, 4.69) is 49.8 Å². The van der Waals surface area contributed by atoms with Gasteiger partial charge in [0.05, 0.1) is 12.7 Å². The summed E-state index contributed by atoms with van der Waals surface area (Å²) < 4.78 is 9.87. The van der Waals surface area contributed by atoms with Crippen molar-refractivity contribution in [2.24, 2.45) is 0 Å². The van der Waals surface area contributed by atoms with E-state index in [4.69, 9.17) is 9.16 Å². The van der Waals surface area contributed by atoms with Crippen LogP contribution in [0.2, 0.25) is 18.1 Å². The summed E-state index contributed by atoms with van der Waals surface area (Å²) in [6.07, 6.45) is -0.445. The van der Waals surface area contributed by atoms with Gasteiger partial charge in [0.2, 0.25) is 0 Å². The third-order valence-electron chi connectivity index (χ3n) is 3.96. The molecule has 2 atom stereocenters. The lowest BCUT2D eigenvalue weighted by atomic mass is 10.0. The molecule has 120 valence electrons. The van der Waals surface area contributed by atoms with E-state index in [0.717, 1.165) is 0 Å². The first-order valence-corrected chi connectivity index (χ1v) is 10.7. The lowest BCUT2D eigenvalue weighted by molar-refractivity contribution is -0.148. The first-order valence-electron chi connectivity index (χ1n) is 7.04. The first-order chi connectivity index (χ1) is 8.86. The van der Waals surface area contributed by atoms with Gasteiger partial charge in [-0.1, -0.05) is 36.7 Å². The minimum atomic E-state index is -1.82. The van der Waals surface area contributed by atoms with E-state index in [1.54, 1.807) is 13.8 Å². The summed E-state index contributed by atoms with van der Waals surface area (Å²) in [5.41, 5.74) is 0. The molecular formula is C14H29BrO4Si. The van der Waals surface area contributed by atoms with Gasteiger partial charge in [0.15, 0.2) is 8.32 Å². The molecule has 1 N–H and O–H groups in total. The zero-order valence-electron chi connectivity index (χ0n) is 13.7. The summed E-state index contributed by atoms with van der Waals surface area (Å²) in [4.78, 5) is 11.8. The van der Waals surface area contributed by atoms with Crippen LogP contribution < -0.4 is 0 Å². The number of aliphatic hydroxyl groups is 1. The number of carbonyl (C=O) groups is 1. The fraction of sp³-hybridized carbons (Fsp3) is 0.929. The minimum Gasteiger partial charge on any atom is -0.465 e. The van der Waals surface area contributed by atoms with Gasteiger partial charge in [-0.05, 0) is 38.4 Å². The zero-order valence-corrected chi connectivity index (χ0v) is 16.3. The molecule has 0 unspecified atom stereocenters. The highest BCUT2D eigenvalue weighted by Crippen LogP contribution is 2.37. The molecule has 0 aromatic rings. The molecule has 0 aromatic heterocycles. The van der Waals surface area contributed by atoms with Gasteiger partial charge in [-0.25, -0.2) is 0 Å². The number of aliphatic hydroxyl groups excluding tert-OH is 1. The van der Waals surface area contributed by atoms with Crippen molar-refractivity contribution in [1.29, 1.82) is 0 Å². The maximum absolute atomic E-state index is 11.8. The van der Waals surface area contributed by atoms with Gasteiger partial charge in [-0.2, -0.15) is 0 Å². The minimum absolute atomic E-state index is 0.136. The van der Waals surface area contributed by atoms with Crippen LogP contribution in [0.5, 0.6) is 0 Å². The molecule has 0 aromatic carbocycles. The van der Waals surface area contributed by atoms with Gasteiger partial charge in [-0.15, -0.1) is 0 Å². The van der Waals surface area contributed by atoms with Crippen molar-refractivity contribution >= 4 is 30.2 Å². The van der Waals surface area contributed by atoms with E-state index in [-0.39, 0.29) is 5.04 Å². The third kappa shape index (κ3) is 5.46. The summed E-state index contributed by atoms with van der Waals surface area (Å²) in [6, 6.07) is 0. The van der Waals surface area contributed by atoms with Crippen LogP contribution in [0.25, 0.3) is 0 Å². The molecule has 0 aliphatic rings. The highest BCUT2D eigenvalue weighted by molar-refractivity contribution is 9.10. The predicted molar refractivity (Wildman–Crippen MR) is 87.7 cm³/mol. The Morgan fingerprint density at radius 1 is 1.30 bits per heavy atom. The lowest BCUT2D eigenvalue weighted by Gasteiger charge is -2.36. The number of carbonyl (C=O) groups excluding carboxylic acids is 1. The molecular weight excluding hydrogens is 340 g/mol. The van der Waals surface area contributed by atoms with Crippen molar-refractivity contribution in [1.82, 2.24) is 0 Å².